The van der Waals surface area contributed by atoms with E-state index in [9.17, 15) is 19.2 Å². The fraction of sp³-hybridized carbons (Fsp3) is 0.739. The standard InChI is InChI=1S/C23H37NO9/c1-8-22(9-2)13-19(12-20(27)30-15-29-16(5)25)14-23(10-3,11-4)24(22)33-21(28)32-18(7)31-17(6)26/h12,18H,8-11,13-15H2,1-7H3. The van der Waals surface area contributed by atoms with Gasteiger partial charge in [-0.05, 0) is 38.5 Å². The second kappa shape index (κ2) is 12.6. The number of carbonyl (C=O) groups is 4. The first-order chi connectivity index (χ1) is 15.5. The van der Waals surface area contributed by atoms with Gasteiger partial charge in [0.25, 0.3) is 0 Å². The van der Waals surface area contributed by atoms with E-state index >= 15 is 0 Å². The Morgan fingerprint density at radius 3 is 1.82 bits per heavy atom. The largest absolute Gasteiger partial charge is 0.531 e. The Morgan fingerprint density at radius 2 is 1.39 bits per heavy atom. The molecule has 1 fully saturated rings. The number of hydrogen-bond acceptors (Lipinski definition) is 10. The Hall–Kier alpha value is -2.62. The summed E-state index contributed by atoms with van der Waals surface area (Å²) in [6, 6.07) is 0. The van der Waals surface area contributed by atoms with Gasteiger partial charge in [0.15, 0.2) is 0 Å². The number of hydrogen-bond donors (Lipinski definition) is 0. The van der Waals surface area contributed by atoms with Crippen LogP contribution in [0.5, 0.6) is 0 Å². The van der Waals surface area contributed by atoms with E-state index in [1.165, 1.54) is 26.8 Å². The average molecular weight is 472 g/mol. The summed E-state index contributed by atoms with van der Waals surface area (Å²) in [4.78, 5) is 52.6. The summed E-state index contributed by atoms with van der Waals surface area (Å²) in [5.41, 5.74) is -0.317. The summed E-state index contributed by atoms with van der Waals surface area (Å²) in [6.45, 7) is 11.4. The first-order valence-corrected chi connectivity index (χ1v) is 11.3. The Kier molecular flexibility index (Phi) is 10.8. The second-order valence-electron chi connectivity index (χ2n) is 8.17. The van der Waals surface area contributed by atoms with E-state index in [0.717, 1.165) is 5.57 Å². The molecule has 0 aromatic carbocycles. The number of nitrogens with zero attached hydrogens (tertiary/aromatic N) is 1. The van der Waals surface area contributed by atoms with Crippen molar-refractivity contribution in [3.63, 3.8) is 0 Å². The van der Waals surface area contributed by atoms with Gasteiger partial charge >= 0.3 is 24.1 Å². The lowest BCUT2D eigenvalue weighted by molar-refractivity contribution is -0.272. The molecule has 1 heterocycles. The molecule has 188 valence electrons. The van der Waals surface area contributed by atoms with Crippen molar-refractivity contribution >= 4 is 24.1 Å². The maximum Gasteiger partial charge on any atom is 0.531 e. The molecule has 1 atom stereocenters. The molecular formula is C23H37NO9. The zero-order valence-corrected chi connectivity index (χ0v) is 20.7. The highest BCUT2D eigenvalue weighted by Crippen LogP contribution is 2.48. The van der Waals surface area contributed by atoms with E-state index in [2.05, 4.69) is 4.74 Å². The van der Waals surface area contributed by atoms with Crippen LogP contribution in [-0.2, 0) is 38.2 Å². The molecule has 1 unspecified atom stereocenters. The molecule has 1 aliphatic heterocycles. The minimum absolute atomic E-state index is 0.445. The molecule has 0 radical (unpaired) electrons. The van der Waals surface area contributed by atoms with Crippen LogP contribution in [0.4, 0.5) is 4.79 Å². The third-order valence-corrected chi connectivity index (χ3v) is 6.15. The number of carbonyl (C=O) groups excluding carboxylic acids is 4. The Balaban J connectivity index is 3.18. The van der Waals surface area contributed by atoms with E-state index in [1.54, 1.807) is 5.06 Å². The van der Waals surface area contributed by atoms with E-state index in [-0.39, 0.29) is 0 Å². The molecule has 0 saturated carbocycles. The zero-order chi connectivity index (χ0) is 25.2. The minimum Gasteiger partial charge on any atom is -0.428 e. The minimum atomic E-state index is -1.09. The average Bonchev–Trinajstić information content (AvgIpc) is 2.73. The fourth-order valence-electron chi connectivity index (χ4n) is 4.29. The highest BCUT2D eigenvalue weighted by Gasteiger charge is 2.53. The van der Waals surface area contributed by atoms with E-state index in [0.29, 0.717) is 38.5 Å². The van der Waals surface area contributed by atoms with E-state index < -0.39 is 48.2 Å². The molecule has 1 saturated heterocycles. The number of hydroxylamine groups is 2. The van der Waals surface area contributed by atoms with Crippen LogP contribution in [-0.4, -0.2) is 53.3 Å². The molecule has 0 aliphatic carbocycles. The van der Waals surface area contributed by atoms with Crippen molar-refractivity contribution in [3.05, 3.63) is 11.6 Å². The van der Waals surface area contributed by atoms with Gasteiger partial charge in [0.05, 0.1) is 11.1 Å². The fourth-order valence-corrected chi connectivity index (χ4v) is 4.29. The topological polar surface area (TPSA) is 118 Å². The molecule has 0 aromatic heterocycles. The van der Waals surface area contributed by atoms with Crippen LogP contribution in [0.2, 0.25) is 0 Å². The molecule has 0 spiro atoms. The summed E-state index contributed by atoms with van der Waals surface area (Å²) >= 11 is 0. The Morgan fingerprint density at radius 1 is 0.879 bits per heavy atom. The Labute approximate surface area is 195 Å². The predicted molar refractivity (Wildman–Crippen MR) is 117 cm³/mol. The molecule has 0 N–H and O–H groups in total. The molecule has 10 heteroatoms. The van der Waals surface area contributed by atoms with Gasteiger partial charge in [-0.2, -0.15) is 0 Å². The van der Waals surface area contributed by atoms with Gasteiger partial charge in [0.1, 0.15) is 0 Å². The van der Waals surface area contributed by atoms with Crippen molar-refractivity contribution in [2.75, 3.05) is 6.79 Å². The van der Waals surface area contributed by atoms with Crippen molar-refractivity contribution in [2.45, 2.75) is 104 Å². The van der Waals surface area contributed by atoms with E-state index in [1.807, 2.05) is 27.7 Å². The Bertz CT molecular complexity index is 714. The summed E-state index contributed by atoms with van der Waals surface area (Å²) in [6.07, 6.45) is 2.87. The number of rotatable bonds is 10. The van der Waals surface area contributed by atoms with Crippen molar-refractivity contribution in [1.29, 1.82) is 0 Å². The van der Waals surface area contributed by atoms with Gasteiger partial charge in [-0.15, -0.1) is 5.06 Å². The number of esters is 3. The van der Waals surface area contributed by atoms with E-state index in [4.69, 9.17) is 19.0 Å². The van der Waals surface area contributed by atoms with Crippen LogP contribution in [0.1, 0.15) is 87.0 Å². The highest BCUT2D eigenvalue weighted by atomic mass is 16.9. The van der Waals surface area contributed by atoms with Gasteiger partial charge in [0.2, 0.25) is 13.1 Å². The quantitative estimate of drug-likeness (QED) is 0.261. The molecule has 1 aliphatic rings. The van der Waals surface area contributed by atoms with Gasteiger partial charge in [-0.25, -0.2) is 9.59 Å². The number of ether oxygens (including phenoxy) is 4. The molecule has 10 nitrogen and oxygen atoms in total. The van der Waals surface area contributed by atoms with Crippen LogP contribution in [0.25, 0.3) is 0 Å². The highest BCUT2D eigenvalue weighted by molar-refractivity contribution is 5.83. The lowest BCUT2D eigenvalue weighted by Crippen LogP contribution is -2.63. The van der Waals surface area contributed by atoms with Crippen molar-refractivity contribution in [3.8, 4) is 0 Å². The van der Waals surface area contributed by atoms with Crippen LogP contribution in [0.15, 0.2) is 11.6 Å². The van der Waals surface area contributed by atoms with Gasteiger partial charge in [0, 0.05) is 26.8 Å². The third kappa shape index (κ3) is 7.73. The lowest BCUT2D eigenvalue weighted by Gasteiger charge is -2.55. The monoisotopic (exact) mass is 471 g/mol. The van der Waals surface area contributed by atoms with Crippen molar-refractivity contribution in [1.82, 2.24) is 5.06 Å². The van der Waals surface area contributed by atoms with Crippen LogP contribution in [0.3, 0.4) is 0 Å². The van der Waals surface area contributed by atoms with Gasteiger partial charge in [-0.3, -0.25) is 9.59 Å². The van der Waals surface area contributed by atoms with Crippen molar-refractivity contribution < 1.29 is 43.0 Å². The maximum atomic E-state index is 12.6. The summed E-state index contributed by atoms with van der Waals surface area (Å²) in [5, 5.41) is 1.73. The van der Waals surface area contributed by atoms with Crippen molar-refractivity contribution in [2.24, 2.45) is 0 Å². The van der Waals surface area contributed by atoms with Gasteiger partial charge in [-0.1, -0.05) is 33.3 Å². The third-order valence-electron chi connectivity index (χ3n) is 6.15. The molecule has 0 amide bonds. The smallest absolute Gasteiger partial charge is 0.428 e. The summed E-state index contributed by atoms with van der Waals surface area (Å²) in [7, 11) is 0. The normalized spacial score (nSPS) is 18.0. The summed E-state index contributed by atoms with van der Waals surface area (Å²) in [5.74, 6) is -1.71. The van der Waals surface area contributed by atoms with Crippen LogP contribution >= 0.6 is 0 Å². The first-order valence-electron chi connectivity index (χ1n) is 11.3. The molecule has 0 aromatic rings. The molecule has 33 heavy (non-hydrogen) atoms. The molecule has 0 bridgehead atoms. The van der Waals surface area contributed by atoms with Gasteiger partial charge < -0.3 is 23.8 Å². The van der Waals surface area contributed by atoms with Crippen LogP contribution < -0.4 is 0 Å². The summed E-state index contributed by atoms with van der Waals surface area (Å²) < 4.78 is 19.6. The zero-order valence-electron chi connectivity index (χ0n) is 20.7. The number of piperidine rings is 1. The second-order valence-corrected chi connectivity index (χ2v) is 8.17. The molecular weight excluding hydrogens is 434 g/mol. The lowest BCUT2D eigenvalue weighted by atomic mass is 9.71. The van der Waals surface area contributed by atoms with Crippen LogP contribution in [0, 0.1) is 0 Å². The predicted octanol–water partition coefficient (Wildman–Crippen LogP) is 4.17. The maximum absolute atomic E-state index is 12.6. The first kappa shape index (κ1) is 28.4. The SMILES string of the molecule is CCC1(CC)CC(=CC(=O)OCOC(C)=O)CC(CC)(CC)N1OC(=O)OC(C)OC(C)=O. The molecule has 1 rings (SSSR count).